The molecule has 2 N–H and O–H groups in total. The first-order chi connectivity index (χ1) is 8.54. The lowest BCUT2D eigenvalue weighted by molar-refractivity contribution is 0.102. The van der Waals surface area contributed by atoms with Gasteiger partial charge in [-0.15, -0.1) is 0 Å². The van der Waals surface area contributed by atoms with E-state index >= 15 is 0 Å². The zero-order valence-electron chi connectivity index (χ0n) is 10.3. The summed E-state index contributed by atoms with van der Waals surface area (Å²) in [6.07, 6.45) is 0. The van der Waals surface area contributed by atoms with E-state index in [1.807, 2.05) is 0 Å². The fourth-order valence-electron chi connectivity index (χ4n) is 1.81. The van der Waals surface area contributed by atoms with E-state index in [-0.39, 0.29) is 5.75 Å². The van der Waals surface area contributed by atoms with Crippen molar-refractivity contribution in [2.75, 3.05) is 7.11 Å². The molecule has 93 valence electrons. The lowest BCUT2D eigenvalue weighted by Gasteiger charge is -2.24. The van der Waals surface area contributed by atoms with E-state index in [2.05, 4.69) is 6.07 Å². The van der Waals surface area contributed by atoms with Crippen LogP contribution in [0.5, 0.6) is 11.5 Å². The van der Waals surface area contributed by atoms with Crippen LogP contribution < -0.4 is 4.74 Å². The smallest absolute Gasteiger partial charge is 0.118 e. The minimum absolute atomic E-state index is 0.109. The van der Waals surface area contributed by atoms with Crippen molar-refractivity contribution in [3.05, 3.63) is 59.7 Å². The van der Waals surface area contributed by atoms with Crippen molar-refractivity contribution in [3.63, 3.8) is 0 Å². The minimum atomic E-state index is -1.20. The number of aliphatic hydroxyl groups is 1. The van der Waals surface area contributed by atoms with Crippen LogP contribution >= 0.6 is 0 Å². The second-order valence-corrected chi connectivity index (χ2v) is 4.26. The molecule has 3 nitrogen and oxygen atoms in total. The molecule has 2 aromatic carbocycles. The van der Waals surface area contributed by atoms with Crippen LogP contribution in [0.1, 0.15) is 18.1 Å². The van der Waals surface area contributed by atoms with Crippen LogP contribution in [0.3, 0.4) is 0 Å². The van der Waals surface area contributed by atoms with Gasteiger partial charge in [0.1, 0.15) is 17.1 Å². The van der Waals surface area contributed by atoms with Gasteiger partial charge in [-0.3, -0.25) is 0 Å². The van der Waals surface area contributed by atoms with Gasteiger partial charge in [0, 0.05) is 0 Å². The zero-order chi connectivity index (χ0) is 13.2. The molecule has 0 aliphatic carbocycles. The Bertz CT molecular complexity index is 530. The molecule has 0 aliphatic heterocycles. The molecular weight excluding hydrogens is 228 g/mol. The van der Waals surface area contributed by atoms with Crippen molar-refractivity contribution in [3.8, 4) is 11.5 Å². The lowest BCUT2D eigenvalue weighted by Crippen LogP contribution is -2.22. The first-order valence-corrected chi connectivity index (χ1v) is 5.62. The number of hydrogen-bond acceptors (Lipinski definition) is 3. The molecule has 0 saturated carbocycles. The second kappa shape index (κ2) is 4.70. The van der Waals surface area contributed by atoms with Gasteiger partial charge in [0.05, 0.1) is 7.11 Å². The number of benzene rings is 2. The van der Waals surface area contributed by atoms with Gasteiger partial charge in [-0.25, -0.2) is 0 Å². The summed E-state index contributed by atoms with van der Waals surface area (Å²) in [5, 5.41) is 20.0. The summed E-state index contributed by atoms with van der Waals surface area (Å²) in [4.78, 5) is 0. The van der Waals surface area contributed by atoms with Crippen LogP contribution in [0.25, 0.3) is 0 Å². The highest BCUT2D eigenvalue weighted by molar-refractivity contribution is 5.40. The molecule has 0 fully saturated rings. The van der Waals surface area contributed by atoms with Crippen molar-refractivity contribution in [2.24, 2.45) is 0 Å². The third kappa shape index (κ3) is 2.31. The Balaban J connectivity index is 2.40. The van der Waals surface area contributed by atoms with Gasteiger partial charge in [-0.1, -0.05) is 18.2 Å². The van der Waals surface area contributed by atoms with E-state index in [1.165, 1.54) is 12.1 Å². The SMILES string of the molecule is COc1ccc(C(C)(O)c2[c]ccc(O)c2)cc1. The van der Waals surface area contributed by atoms with Gasteiger partial charge in [0.2, 0.25) is 0 Å². The third-order valence-corrected chi connectivity index (χ3v) is 2.96. The molecule has 1 unspecified atom stereocenters. The lowest BCUT2D eigenvalue weighted by atomic mass is 9.88. The maximum Gasteiger partial charge on any atom is 0.118 e. The Hall–Kier alpha value is -2.00. The maximum absolute atomic E-state index is 10.6. The fraction of sp³-hybridized carbons (Fsp3) is 0.200. The zero-order valence-corrected chi connectivity index (χ0v) is 10.3. The molecule has 0 spiro atoms. The van der Waals surface area contributed by atoms with Crippen molar-refractivity contribution in [1.82, 2.24) is 0 Å². The Morgan fingerprint density at radius 2 is 1.83 bits per heavy atom. The summed E-state index contributed by atoms with van der Waals surface area (Å²) in [6.45, 7) is 1.67. The summed E-state index contributed by atoms with van der Waals surface area (Å²) in [7, 11) is 1.59. The van der Waals surface area contributed by atoms with Gasteiger partial charge in [-0.2, -0.15) is 0 Å². The number of phenolic OH excluding ortho intramolecular Hbond substituents is 1. The molecule has 0 amide bonds. The maximum atomic E-state index is 10.6. The van der Waals surface area contributed by atoms with Gasteiger partial charge < -0.3 is 14.9 Å². The molecule has 18 heavy (non-hydrogen) atoms. The number of rotatable bonds is 3. The fourth-order valence-corrected chi connectivity index (χ4v) is 1.81. The number of phenols is 1. The monoisotopic (exact) mass is 243 g/mol. The minimum Gasteiger partial charge on any atom is -0.508 e. The van der Waals surface area contributed by atoms with Crippen molar-refractivity contribution >= 4 is 0 Å². The Kier molecular flexibility index (Phi) is 3.26. The topological polar surface area (TPSA) is 49.7 Å². The Morgan fingerprint density at radius 3 is 2.39 bits per heavy atom. The first kappa shape index (κ1) is 12.5. The Labute approximate surface area is 106 Å². The van der Waals surface area contributed by atoms with E-state index in [9.17, 15) is 10.2 Å². The summed E-state index contributed by atoms with van der Waals surface area (Å²) >= 11 is 0. The molecule has 0 bridgehead atoms. The predicted octanol–water partition coefficient (Wildman–Crippen LogP) is 2.46. The summed E-state index contributed by atoms with van der Waals surface area (Å²) in [6, 6.07) is 14.7. The first-order valence-electron chi connectivity index (χ1n) is 5.62. The highest BCUT2D eigenvalue weighted by Crippen LogP contribution is 2.31. The van der Waals surface area contributed by atoms with Gasteiger partial charge >= 0.3 is 0 Å². The van der Waals surface area contributed by atoms with Crippen molar-refractivity contribution in [1.29, 1.82) is 0 Å². The Morgan fingerprint density at radius 1 is 1.17 bits per heavy atom. The molecule has 0 heterocycles. The number of hydrogen-bond donors (Lipinski definition) is 2. The van der Waals surface area contributed by atoms with E-state index in [0.717, 1.165) is 5.75 Å². The van der Waals surface area contributed by atoms with E-state index < -0.39 is 5.60 Å². The molecule has 1 atom stereocenters. The average Bonchev–Trinajstić information content (AvgIpc) is 2.39. The van der Waals surface area contributed by atoms with E-state index in [0.29, 0.717) is 11.1 Å². The predicted molar refractivity (Wildman–Crippen MR) is 68.6 cm³/mol. The molecule has 2 rings (SSSR count). The molecule has 0 saturated heterocycles. The molecule has 1 radical (unpaired) electrons. The van der Waals surface area contributed by atoms with E-state index in [1.54, 1.807) is 44.4 Å². The van der Waals surface area contributed by atoms with Crippen LogP contribution in [0.15, 0.2) is 42.5 Å². The molecule has 2 aromatic rings. The summed E-state index contributed by atoms with van der Waals surface area (Å²) in [5.74, 6) is 0.840. The molecule has 0 aromatic heterocycles. The van der Waals surface area contributed by atoms with Gasteiger partial charge in [-0.05, 0) is 48.4 Å². The van der Waals surface area contributed by atoms with Crippen LogP contribution in [0, 0.1) is 6.07 Å². The van der Waals surface area contributed by atoms with Crippen molar-refractivity contribution in [2.45, 2.75) is 12.5 Å². The molecular formula is C15H15O3. The molecule has 3 heteroatoms. The second-order valence-electron chi connectivity index (χ2n) is 4.26. The number of ether oxygens (including phenoxy) is 1. The van der Waals surface area contributed by atoms with Crippen LogP contribution in [0.2, 0.25) is 0 Å². The highest BCUT2D eigenvalue weighted by Gasteiger charge is 2.26. The van der Waals surface area contributed by atoms with Gasteiger partial charge in [0.15, 0.2) is 0 Å². The standard InChI is InChI=1S/C15H15O3/c1-15(17,12-4-3-5-13(16)10-12)11-6-8-14(18-2)9-7-11/h3,5-10,16-17H,1-2H3. The van der Waals surface area contributed by atoms with E-state index in [4.69, 9.17) is 4.74 Å². The average molecular weight is 243 g/mol. The van der Waals surface area contributed by atoms with Crippen LogP contribution in [-0.4, -0.2) is 17.3 Å². The largest absolute Gasteiger partial charge is 0.508 e. The van der Waals surface area contributed by atoms with Crippen LogP contribution in [0.4, 0.5) is 0 Å². The number of aromatic hydroxyl groups is 1. The summed E-state index contributed by atoms with van der Waals surface area (Å²) < 4.78 is 5.08. The summed E-state index contributed by atoms with van der Waals surface area (Å²) in [5.41, 5.74) is 0.0307. The number of methoxy groups -OCH3 is 1. The van der Waals surface area contributed by atoms with Crippen molar-refractivity contribution < 1.29 is 14.9 Å². The highest BCUT2D eigenvalue weighted by atomic mass is 16.5. The third-order valence-electron chi connectivity index (χ3n) is 2.96. The quantitative estimate of drug-likeness (QED) is 0.870. The van der Waals surface area contributed by atoms with Gasteiger partial charge in [0.25, 0.3) is 0 Å². The van der Waals surface area contributed by atoms with Crippen LogP contribution in [-0.2, 0) is 5.60 Å². The normalized spacial score (nSPS) is 13.9. The molecule has 0 aliphatic rings.